The van der Waals surface area contributed by atoms with Gasteiger partial charge in [-0.1, -0.05) is 114 Å². The number of rotatable bonds is 12. The number of non-ortho nitro benzene ring substituents is 1. The van der Waals surface area contributed by atoms with Crippen LogP contribution in [0.3, 0.4) is 0 Å². The molecule has 3 aliphatic heterocycles. The van der Waals surface area contributed by atoms with Gasteiger partial charge in [0, 0.05) is 29.7 Å². The van der Waals surface area contributed by atoms with Gasteiger partial charge in [0.05, 0.1) is 52.0 Å². The van der Waals surface area contributed by atoms with Crippen molar-refractivity contribution in [2.45, 2.75) is 42.7 Å². The summed E-state index contributed by atoms with van der Waals surface area (Å²) in [6.07, 6.45) is -2.02. The molecule has 356 valence electrons. The molecule has 17 heteroatoms. The quantitative estimate of drug-likeness (QED) is 0.0460. The van der Waals surface area contributed by atoms with Crippen LogP contribution in [0.25, 0.3) is 10.2 Å². The van der Waals surface area contributed by atoms with Gasteiger partial charge in [0.2, 0.25) is 11.8 Å². The fraction of sp³-hybridized carbons (Fsp3) is 0.204. The Hall–Kier alpha value is -8.27. The van der Waals surface area contributed by atoms with E-state index in [1.165, 1.54) is 41.7 Å². The summed E-state index contributed by atoms with van der Waals surface area (Å²) in [5.41, 5.74) is 0.808. The lowest BCUT2D eigenvalue weighted by Crippen LogP contribution is -2.54. The Labute approximate surface area is 410 Å². The number of thiazole rings is 1. The first-order chi connectivity index (χ1) is 34.6. The average Bonchev–Trinajstić information content (AvgIpc) is 4.03. The van der Waals surface area contributed by atoms with Crippen molar-refractivity contribution in [1.29, 1.82) is 0 Å². The molecule has 6 atom stereocenters. The van der Waals surface area contributed by atoms with Gasteiger partial charge in [-0.15, -0.1) is 0 Å². The highest BCUT2D eigenvalue weighted by molar-refractivity contribution is 7.22. The van der Waals surface area contributed by atoms with Crippen LogP contribution in [-0.2, 0) is 35.9 Å². The molecule has 1 spiro atoms. The summed E-state index contributed by atoms with van der Waals surface area (Å²) in [6.45, 7) is -1.15. The molecule has 3 amide bonds. The number of fused-ring (bicyclic) bond motifs is 4. The molecule has 16 nitrogen and oxygen atoms in total. The Morgan fingerprint density at radius 1 is 0.845 bits per heavy atom. The molecule has 2 saturated heterocycles. The zero-order valence-corrected chi connectivity index (χ0v) is 38.4. The van der Waals surface area contributed by atoms with Crippen LogP contribution in [0.15, 0.2) is 152 Å². The van der Waals surface area contributed by atoms with Crippen molar-refractivity contribution in [1.82, 2.24) is 9.88 Å². The number of carbonyl (C=O) groups excluding carboxylic acids is 4. The maximum Gasteiger partial charge on any atom is 0.421 e. The summed E-state index contributed by atoms with van der Waals surface area (Å²) in [5.74, 6) is 2.00. The minimum atomic E-state index is -2.22. The Kier molecular flexibility index (Phi) is 12.8. The van der Waals surface area contributed by atoms with Gasteiger partial charge in [0.1, 0.15) is 36.5 Å². The molecule has 71 heavy (non-hydrogen) atoms. The summed E-state index contributed by atoms with van der Waals surface area (Å²) >= 11 is 1.20. The molecular formula is C54H43N5O11S. The fourth-order valence-electron chi connectivity index (χ4n) is 10.2. The van der Waals surface area contributed by atoms with E-state index in [0.29, 0.717) is 33.3 Å². The molecule has 6 aromatic carbocycles. The molecule has 3 N–H and O–H groups in total. The Morgan fingerprint density at radius 3 is 2.27 bits per heavy atom. The smallest absolute Gasteiger partial charge is 0.421 e. The highest BCUT2D eigenvalue weighted by atomic mass is 32.1. The van der Waals surface area contributed by atoms with Gasteiger partial charge in [0.15, 0.2) is 5.13 Å². The summed E-state index contributed by atoms with van der Waals surface area (Å²) < 4.78 is 19.5. The van der Waals surface area contributed by atoms with Crippen molar-refractivity contribution >= 4 is 61.9 Å². The molecule has 0 unspecified atom stereocenters. The zero-order valence-electron chi connectivity index (χ0n) is 37.6. The van der Waals surface area contributed by atoms with Gasteiger partial charge < -0.3 is 29.7 Å². The lowest BCUT2D eigenvalue weighted by atomic mass is 9.65. The molecule has 2 fully saturated rings. The van der Waals surface area contributed by atoms with Gasteiger partial charge in [-0.25, -0.2) is 14.7 Å². The van der Waals surface area contributed by atoms with E-state index >= 15 is 14.4 Å². The molecule has 3 aliphatic rings. The highest BCUT2D eigenvalue weighted by Gasteiger charge is 2.76. The lowest BCUT2D eigenvalue weighted by Gasteiger charge is -2.46. The number of cyclic esters (lactones) is 1. The number of hydrogen-bond donors (Lipinski definition) is 3. The SMILES string of the molecule is O=C1O[C@@H](c2ccccc2)[C@@H](c2ccccc2)N2[C@@H](c3ccccc3OCCO)[C@]3(C(=O)N(C(=O)OCc4ccc([N+](=O)[O-])cc4)c4ccc(C#CCCO)cc43)[C@@H](C(=O)Nc3nc4ccccc4s3)[C@H]12. The molecule has 0 bridgehead atoms. The Balaban J connectivity index is 1.25. The first-order valence-corrected chi connectivity index (χ1v) is 23.5. The standard InChI is InChI=1S/C54H43N5O11S/c60-28-12-11-13-33-24-27-41-39(31-33)54(51(64)57(41)53(65)69-32-34-22-25-37(26-23-34)59(66)67)44(49(62)56-52-55-40-19-8-10-21-43(40)71-52)46-50(63)70-47(36-16-5-2-6-17-36)45(35-14-3-1-4-15-35)58(46)48(54)38-18-7-9-20-42(38)68-30-29-61/h1-10,14-27,31,44-48,60-61H,12,28-30,32H2,(H,55,56,62)/t44-,45-,46-,47+,48+,54-/m1/s1. The van der Waals surface area contributed by atoms with E-state index in [4.69, 9.17) is 19.2 Å². The predicted molar refractivity (Wildman–Crippen MR) is 261 cm³/mol. The number of aliphatic hydroxyl groups is 2. The molecule has 7 aromatic rings. The number of para-hydroxylation sites is 2. The van der Waals surface area contributed by atoms with Crippen LogP contribution in [0, 0.1) is 27.9 Å². The maximum absolute atomic E-state index is 16.6. The van der Waals surface area contributed by atoms with E-state index in [2.05, 4.69) is 17.2 Å². The number of anilines is 2. The number of nitro groups is 1. The van der Waals surface area contributed by atoms with Gasteiger partial charge in [-0.3, -0.25) is 29.4 Å². The molecule has 0 aliphatic carbocycles. The number of ether oxygens (including phenoxy) is 3. The number of morpholine rings is 1. The van der Waals surface area contributed by atoms with Gasteiger partial charge in [0.25, 0.3) is 5.69 Å². The summed E-state index contributed by atoms with van der Waals surface area (Å²) in [6, 6.07) is 39.0. The lowest BCUT2D eigenvalue weighted by molar-refractivity contribution is -0.384. The van der Waals surface area contributed by atoms with Crippen molar-refractivity contribution < 1.29 is 48.5 Å². The van der Waals surface area contributed by atoms with Crippen LogP contribution in [0.4, 0.5) is 21.3 Å². The Bertz CT molecular complexity index is 3220. The van der Waals surface area contributed by atoms with E-state index < -0.39 is 71.0 Å². The van der Waals surface area contributed by atoms with Gasteiger partial charge in [-0.05, 0) is 70.8 Å². The van der Waals surface area contributed by atoms with E-state index in [-0.39, 0.29) is 54.1 Å². The zero-order chi connectivity index (χ0) is 49.2. The normalized spacial score (nSPS) is 21.2. The number of benzene rings is 6. The van der Waals surface area contributed by atoms with Crippen molar-refractivity contribution in [2.75, 3.05) is 30.0 Å². The van der Waals surface area contributed by atoms with Crippen LogP contribution in [0.2, 0.25) is 0 Å². The number of nitro benzene ring substituents is 1. The number of amides is 3. The molecule has 4 heterocycles. The third-order valence-electron chi connectivity index (χ3n) is 13.0. The van der Waals surface area contributed by atoms with Gasteiger partial charge >= 0.3 is 12.1 Å². The van der Waals surface area contributed by atoms with E-state index in [1.807, 2.05) is 83.8 Å². The second kappa shape index (κ2) is 19.6. The highest BCUT2D eigenvalue weighted by Crippen LogP contribution is 2.67. The van der Waals surface area contributed by atoms with Crippen molar-refractivity contribution in [2.24, 2.45) is 5.92 Å². The first-order valence-electron chi connectivity index (χ1n) is 22.7. The van der Waals surface area contributed by atoms with Crippen LogP contribution in [0.5, 0.6) is 5.75 Å². The fourth-order valence-corrected chi connectivity index (χ4v) is 11.1. The monoisotopic (exact) mass is 969 g/mol. The first kappa shape index (κ1) is 46.5. The van der Waals surface area contributed by atoms with Crippen molar-refractivity contribution in [3.05, 3.63) is 195 Å². The number of aliphatic hydroxyl groups excluding tert-OH is 2. The molecule has 1 aromatic heterocycles. The largest absolute Gasteiger partial charge is 0.491 e. The van der Waals surface area contributed by atoms with Crippen LogP contribution < -0.4 is 15.0 Å². The minimum absolute atomic E-state index is 0.0389. The maximum atomic E-state index is 16.6. The third-order valence-corrected chi connectivity index (χ3v) is 13.9. The van der Waals surface area contributed by atoms with E-state index in [9.17, 15) is 25.1 Å². The molecular weight excluding hydrogens is 927 g/mol. The number of esters is 1. The number of nitrogens with one attached hydrogen (secondary N) is 1. The number of carbonyl (C=O) groups is 4. The number of imide groups is 1. The second-order valence-corrected chi connectivity index (χ2v) is 18.0. The van der Waals surface area contributed by atoms with Crippen LogP contribution in [-0.4, -0.2) is 74.8 Å². The number of hydrogen-bond acceptors (Lipinski definition) is 14. The second-order valence-electron chi connectivity index (χ2n) is 17.0. The number of nitrogens with zero attached hydrogens (tertiary/aromatic N) is 4. The molecule has 0 saturated carbocycles. The predicted octanol–water partition coefficient (Wildman–Crippen LogP) is 7.95. The van der Waals surface area contributed by atoms with E-state index in [0.717, 1.165) is 9.60 Å². The minimum Gasteiger partial charge on any atom is -0.491 e. The molecule has 0 radical (unpaired) electrons. The van der Waals surface area contributed by atoms with Crippen molar-refractivity contribution in [3.8, 4) is 17.6 Å². The Morgan fingerprint density at radius 2 is 1.55 bits per heavy atom. The third kappa shape index (κ3) is 8.32. The summed E-state index contributed by atoms with van der Waals surface area (Å²) in [5, 5.41) is 34.4. The summed E-state index contributed by atoms with van der Waals surface area (Å²) in [4.78, 5) is 81.2. The van der Waals surface area contributed by atoms with Crippen molar-refractivity contribution in [3.63, 3.8) is 0 Å². The van der Waals surface area contributed by atoms with E-state index in [1.54, 1.807) is 42.5 Å². The average molecular weight is 970 g/mol. The van der Waals surface area contributed by atoms with Crippen LogP contribution in [0.1, 0.15) is 58.0 Å². The topological polar surface area (TPSA) is 211 Å². The summed E-state index contributed by atoms with van der Waals surface area (Å²) in [7, 11) is 0. The molecule has 10 rings (SSSR count). The van der Waals surface area contributed by atoms with Gasteiger partial charge in [-0.2, -0.15) is 0 Å². The number of aromatic nitrogens is 1. The van der Waals surface area contributed by atoms with Crippen LogP contribution >= 0.6 is 11.3 Å².